The minimum Gasteiger partial charge on any atom is -1.00 e. The van der Waals surface area contributed by atoms with E-state index in [0.29, 0.717) is 17.8 Å². The molecule has 0 aromatic heterocycles. The van der Waals surface area contributed by atoms with Crippen molar-refractivity contribution >= 4 is 0 Å². The molecule has 3 aliphatic rings. The molecule has 0 bridgehead atoms. The molecule has 45 heavy (non-hydrogen) atoms. The number of aryl methyl sites for hydroxylation is 2. The summed E-state index contributed by atoms with van der Waals surface area (Å²) in [5.74, 6) is 1.63. The van der Waals surface area contributed by atoms with Crippen LogP contribution in [-0.2, 0) is 37.0 Å². The molecule has 0 spiro atoms. The zero-order valence-corrected chi connectivity index (χ0v) is 35.3. The maximum atomic E-state index is 2.70. The molecule has 246 valence electrons. The third-order valence-electron chi connectivity index (χ3n) is 11.4. The third-order valence-corrected chi connectivity index (χ3v) is 11.4. The Hall–Kier alpha value is -0.617. The van der Waals surface area contributed by atoms with Crippen LogP contribution in [0.2, 0.25) is 0 Å². The summed E-state index contributed by atoms with van der Waals surface area (Å²) in [4.78, 5) is 0. The molecule has 0 fully saturated rings. The van der Waals surface area contributed by atoms with Gasteiger partial charge >= 0.3 is 26.2 Å². The van der Waals surface area contributed by atoms with Gasteiger partial charge in [-0.2, -0.15) is 0 Å². The molecule has 2 aromatic rings. The third kappa shape index (κ3) is 6.44. The van der Waals surface area contributed by atoms with Gasteiger partial charge in [0.2, 0.25) is 0 Å². The van der Waals surface area contributed by atoms with E-state index in [-0.39, 0.29) is 78.1 Å². The van der Waals surface area contributed by atoms with E-state index in [4.69, 9.17) is 0 Å². The molecule has 2 unspecified atom stereocenters. The Kier molecular flexibility index (Phi) is 11.4. The Morgan fingerprint density at radius 3 is 1.42 bits per heavy atom. The van der Waals surface area contributed by atoms with Gasteiger partial charge in [-0.3, -0.25) is 0 Å². The van der Waals surface area contributed by atoms with Crippen LogP contribution in [0, 0.1) is 41.9 Å². The summed E-state index contributed by atoms with van der Waals surface area (Å²) in [5, 5.41) is 0. The van der Waals surface area contributed by atoms with Crippen molar-refractivity contribution in [1.82, 2.24) is 0 Å². The molecular weight excluding hydrogens is 667 g/mol. The van der Waals surface area contributed by atoms with Crippen molar-refractivity contribution in [3.8, 4) is 11.1 Å². The van der Waals surface area contributed by atoms with Crippen molar-refractivity contribution in [3.63, 3.8) is 0 Å². The molecule has 0 amide bonds. The SMILES string of the molecule is Cc1cc2c(cc1C(C)(C)C)-c1cc(C(C)(C)C)c(C)cc1C2C1(C(C)(C)C)CC(C(C)C)C2=C1C=C(C(C)(C)C)C2.[Cl-].[Cl-].[Zr+2]. The van der Waals surface area contributed by atoms with Gasteiger partial charge in [-0.25, -0.2) is 0 Å². The quantitative estimate of drug-likeness (QED) is 0.337. The fraction of sp³-hybridized carbons (Fsp3) is 0.619. The van der Waals surface area contributed by atoms with Gasteiger partial charge in [-0.05, 0) is 110 Å². The minimum atomic E-state index is 0. The Labute approximate surface area is 309 Å². The van der Waals surface area contributed by atoms with Gasteiger partial charge in [0.15, 0.2) is 0 Å². The Bertz CT molecular complexity index is 1440. The summed E-state index contributed by atoms with van der Waals surface area (Å²) in [6.45, 7) is 38.8. The Morgan fingerprint density at radius 2 is 1.09 bits per heavy atom. The molecule has 0 radical (unpaired) electrons. The van der Waals surface area contributed by atoms with E-state index < -0.39 is 0 Å². The average molecular weight is 727 g/mol. The predicted molar refractivity (Wildman–Crippen MR) is 185 cm³/mol. The monoisotopic (exact) mass is 724 g/mol. The normalized spacial score (nSPS) is 21.5. The largest absolute Gasteiger partial charge is 2.00 e. The molecule has 3 heteroatoms. The fourth-order valence-electron chi connectivity index (χ4n) is 9.20. The van der Waals surface area contributed by atoms with Crippen LogP contribution in [0.1, 0.15) is 149 Å². The van der Waals surface area contributed by atoms with Crippen LogP contribution in [-0.4, -0.2) is 0 Å². The average Bonchev–Trinajstić information content (AvgIpc) is 3.45. The number of benzene rings is 2. The fourth-order valence-corrected chi connectivity index (χ4v) is 9.20. The van der Waals surface area contributed by atoms with Crippen LogP contribution in [0.15, 0.2) is 47.1 Å². The second-order valence-corrected chi connectivity index (χ2v) is 18.8. The van der Waals surface area contributed by atoms with Crippen molar-refractivity contribution in [2.24, 2.45) is 28.1 Å². The van der Waals surface area contributed by atoms with Crippen LogP contribution in [0.5, 0.6) is 0 Å². The summed E-state index contributed by atoms with van der Waals surface area (Å²) in [6.07, 6.45) is 5.11. The first-order chi connectivity index (χ1) is 19.0. The van der Waals surface area contributed by atoms with Crippen molar-refractivity contribution in [1.29, 1.82) is 0 Å². The first-order valence-electron chi connectivity index (χ1n) is 16.7. The molecule has 0 N–H and O–H groups in total. The van der Waals surface area contributed by atoms with Gasteiger partial charge in [-0.15, -0.1) is 0 Å². The summed E-state index contributed by atoms with van der Waals surface area (Å²) in [5.41, 5.74) is 17.6. The summed E-state index contributed by atoms with van der Waals surface area (Å²) in [6, 6.07) is 10.4. The number of fused-ring (bicyclic) bond motifs is 3. The van der Waals surface area contributed by atoms with Crippen LogP contribution in [0.25, 0.3) is 11.1 Å². The van der Waals surface area contributed by atoms with Crippen LogP contribution in [0.3, 0.4) is 0 Å². The molecular formula is C42H60Cl2Zr. The Morgan fingerprint density at radius 1 is 0.667 bits per heavy atom. The van der Waals surface area contributed by atoms with Gasteiger partial charge in [0.25, 0.3) is 0 Å². The zero-order chi connectivity index (χ0) is 31.5. The second kappa shape index (κ2) is 12.7. The molecule has 3 aliphatic carbocycles. The van der Waals surface area contributed by atoms with Crippen molar-refractivity contribution < 1.29 is 51.0 Å². The van der Waals surface area contributed by atoms with Crippen LogP contribution >= 0.6 is 0 Å². The first kappa shape index (κ1) is 40.6. The van der Waals surface area contributed by atoms with E-state index in [9.17, 15) is 0 Å². The molecule has 2 aromatic carbocycles. The first-order valence-corrected chi connectivity index (χ1v) is 16.7. The van der Waals surface area contributed by atoms with Gasteiger partial charge in [0.1, 0.15) is 0 Å². The number of halogens is 2. The molecule has 0 aliphatic heterocycles. The van der Waals surface area contributed by atoms with E-state index in [0.717, 1.165) is 6.42 Å². The summed E-state index contributed by atoms with van der Waals surface area (Å²) < 4.78 is 0. The number of hydrogen-bond acceptors (Lipinski definition) is 0. The molecule has 2 atom stereocenters. The Balaban J connectivity index is 0.00000235. The van der Waals surface area contributed by atoms with E-state index in [1.165, 1.54) is 39.8 Å². The van der Waals surface area contributed by atoms with E-state index in [1.54, 1.807) is 27.8 Å². The maximum absolute atomic E-state index is 2.70. The van der Waals surface area contributed by atoms with Gasteiger partial charge in [0, 0.05) is 11.3 Å². The van der Waals surface area contributed by atoms with E-state index in [2.05, 4.69) is 141 Å². The van der Waals surface area contributed by atoms with Crippen molar-refractivity contribution in [2.45, 2.75) is 140 Å². The van der Waals surface area contributed by atoms with Gasteiger partial charge < -0.3 is 24.8 Å². The van der Waals surface area contributed by atoms with Gasteiger partial charge in [0.05, 0.1) is 0 Å². The van der Waals surface area contributed by atoms with Crippen LogP contribution < -0.4 is 24.8 Å². The minimum absolute atomic E-state index is 0. The molecule has 0 saturated carbocycles. The number of hydrogen-bond donors (Lipinski definition) is 0. The van der Waals surface area contributed by atoms with Crippen LogP contribution in [0.4, 0.5) is 0 Å². The number of allylic oxidation sites excluding steroid dienone is 4. The predicted octanol–water partition coefficient (Wildman–Crippen LogP) is 6.40. The van der Waals surface area contributed by atoms with Gasteiger partial charge in [-0.1, -0.05) is 138 Å². The summed E-state index contributed by atoms with van der Waals surface area (Å²) >= 11 is 0. The van der Waals surface area contributed by atoms with Crippen molar-refractivity contribution in [2.75, 3.05) is 0 Å². The number of rotatable bonds is 2. The van der Waals surface area contributed by atoms with E-state index >= 15 is 0 Å². The van der Waals surface area contributed by atoms with E-state index in [1.807, 2.05) is 0 Å². The standard InChI is InChI=1S/C42H60.2ClH.Zr/c1-24(2)33-23-42(41(14,15)16,36-20-27(19-30(33)36)38(5,6)7)37-31-17-25(3)34(39(8,9)10)21-28(31)29-22-35(40(11,12)13)26(4)18-32(29)37;;;/h17-18,20-22,24,33,37H,19,23H2,1-16H3;2*1H;/q;;;+2/p-2. The molecule has 0 saturated heterocycles. The molecule has 0 nitrogen and oxygen atoms in total. The topological polar surface area (TPSA) is 0 Å². The molecule has 0 heterocycles. The summed E-state index contributed by atoms with van der Waals surface area (Å²) in [7, 11) is 0. The maximum Gasteiger partial charge on any atom is 2.00 e. The zero-order valence-electron chi connectivity index (χ0n) is 31.3. The smallest absolute Gasteiger partial charge is 1.00 e. The second-order valence-electron chi connectivity index (χ2n) is 18.8. The molecule has 5 rings (SSSR count). The van der Waals surface area contributed by atoms with Crippen molar-refractivity contribution in [3.05, 3.63) is 80.4 Å².